The fraction of sp³-hybridized carbons (Fsp3) is 0.571. The summed E-state index contributed by atoms with van der Waals surface area (Å²) in [5.41, 5.74) is 4.97. The maximum absolute atomic E-state index is 11.7. The molecule has 3 aliphatic heterocycles. The highest BCUT2D eigenvalue weighted by atomic mass is 16.5. The summed E-state index contributed by atoms with van der Waals surface area (Å²) in [5.74, 6) is 1.47. The molecule has 0 spiro atoms. The highest BCUT2D eigenvalue weighted by molar-refractivity contribution is 5.68. The van der Waals surface area contributed by atoms with E-state index in [0.29, 0.717) is 11.8 Å². The second kappa shape index (κ2) is 10.9. The first-order valence-electron chi connectivity index (χ1n) is 13.0. The van der Waals surface area contributed by atoms with Gasteiger partial charge in [-0.1, -0.05) is 30.3 Å². The highest BCUT2D eigenvalue weighted by Gasteiger charge is 2.27. The molecule has 2 unspecified atom stereocenters. The fourth-order valence-corrected chi connectivity index (χ4v) is 5.85. The lowest BCUT2D eigenvalue weighted by atomic mass is 9.90. The van der Waals surface area contributed by atoms with E-state index in [2.05, 4.69) is 46.6 Å². The van der Waals surface area contributed by atoms with Crippen molar-refractivity contribution in [3.63, 3.8) is 0 Å². The van der Waals surface area contributed by atoms with Crippen molar-refractivity contribution in [3.05, 3.63) is 58.8 Å². The van der Waals surface area contributed by atoms with Crippen LogP contribution in [-0.2, 0) is 22.4 Å². The van der Waals surface area contributed by atoms with Gasteiger partial charge in [0, 0.05) is 43.8 Å². The molecule has 2 N–H and O–H groups in total. The number of carboxylic acids is 1. The van der Waals surface area contributed by atoms with Crippen LogP contribution in [0, 0.1) is 5.92 Å². The van der Waals surface area contributed by atoms with E-state index in [4.69, 9.17) is 9.72 Å². The van der Waals surface area contributed by atoms with Crippen molar-refractivity contribution in [2.45, 2.75) is 56.8 Å². The predicted octanol–water partition coefficient (Wildman–Crippen LogP) is 4.46. The molecule has 2 saturated heterocycles. The Kier molecular flexibility index (Phi) is 7.45. The second-order valence-corrected chi connectivity index (χ2v) is 10.3. The number of ether oxygens (including phenoxy) is 1. The van der Waals surface area contributed by atoms with Crippen molar-refractivity contribution in [3.8, 4) is 0 Å². The second-order valence-electron chi connectivity index (χ2n) is 10.3. The van der Waals surface area contributed by atoms with Gasteiger partial charge in [0.2, 0.25) is 0 Å². The van der Waals surface area contributed by atoms with Crippen molar-refractivity contribution in [2.75, 3.05) is 44.7 Å². The van der Waals surface area contributed by atoms with E-state index >= 15 is 0 Å². The van der Waals surface area contributed by atoms with Crippen LogP contribution in [0.25, 0.3) is 0 Å². The molecule has 2 aromatic rings. The highest BCUT2D eigenvalue weighted by Crippen LogP contribution is 2.31. The quantitative estimate of drug-likeness (QED) is 0.572. The Morgan fingerprint density at radius 2 is 2.21 bits per heavy atom. The van der Waals surface area contributed by atoms with E-state index in [1.54, 1.807) is 0 Å². The molecule has 182 valence electrons. The van der Waals surface area contributed by atoms with Gasteiger partial charge in [0.25, 0.3) is 0 Å². The van der Waals surface area contributed by atoms with Gasteiger partial charge in [-0.15, -0.1) is 0 Å². The summed E-state index contributed by atoms with van der Waals surface area (Å²) in [4.78, 5) is 19.0. The molecule has 0 amide bonds. The Morgan fingerprint density at radius 3 is 3.06 bits per heavy atom. The van der Waals surface area contributed by atoms with Crippen LogP contribution in [0.2, 0.25) is 0 Å². The average molecular weight is 464 g/mol. The van der Waals surface area contributed by atoms with Crippen LogP contribution in [0.5, 0.6) is 0 Å². The Hall–Kier alpha value is -2.44. The zero-order chi connectivity index (χ0) is 23.3. The van der Waals surface area contributed by atoms with Crippen LogP contribution in [0.4, 0.5) is 5.82 Å². The van der Waals surface area contributed by atoms with E-state index in [9.17, 15) is 9.90 Å². The largest absolute Gasteiger partial charge is 0.481 e. The van der Waals surface area contributed by atoms with Gasteiger partial charge in [0.1, 0.15) is 5.82 Å². The molecule has 3 aliphatic rings. The van der Waals surface area contributed by atoms with Crippen LogP contribution in [0.15, 0.2) is 36.4 Å². The van der Waals surface area contributed by atoms with Gasteiger partial charge in [-0.2, -0.15) is 0 Å². The third kappa shape index (κ3) is 5.78. The third-order valence-electron chi connectivity index (χ3n) is 7.81. The van der Waals surface area contributed by atoms with E-state index in [1.165, 1.54) is 29.7 Å². The maximum Gasteiger partial charge on any atom is 0.304 e. The number of likely N-dealkylation sites (tertiary alicyclic amines) is 1. The number of hydrogen-bond acceptors (Lipinski definition) is 5. The Balaban J connectivity index is 1.17. The number of pyridine rings is 1. The van der Waals surface area contributed by atoms with Crippen LogP contribution in [0.3, 0.4) is 0 Å². The number of aliphatic carboxylic acids is 1. The molecule has 2 fully saturated rings. The summed E-state index contributed by atoms with van der Waals surface area (Å²) in [5, 5.41) is 13.0. The number of nitrogens with zero attached hydrogens (tertiary/aromatic N) is 2. The normalized spacial score (nSPS) is 23.4. The number of hydrogen-bond donors (Lipinski definition) is 2. The van der Waals surface area contributed by atoms with Crippen LogP contribution in [-0.4, -0.2) is 60.4 Å². The number of carbonyl (C=O) groups is 1. The van der Waals surface area contributed by atoms with Gasteiger partial charge in [-0.05, 0) is 73.7 Å². The molecule has 1 aromatic heterocycles. The standard InChI is InChI=1S/C28H37N3O3/c32-27(33)16-25(23-4-1-3-22(15-23)24-11-14-34-19-24)18-31-13-10-20(17-31)6-8-26-9-7-21-5-2-12-29-28(21)30-26/h1,3-4,7,9,15,20,24-25H,2,5-6,8,10-14,16-19H2,(H,29,30)(H,32,33)/t20-,24?,25?/m1/s1. The maximum atomic E-state index is 11.7. The summed E-state index contributed by atoms with van der Waals surface area (Å²) in [6, 6.07) is 13.0. The summed E-state index contributed by atoms with van der Waals surface area (Å²) < 4.78 is 5.57. The number of nitrogens with one attached hydrogen (secondary N) is 1. The molecule has 5 rings (SSSR count). The number of rotatable bonds is 9. The lowest BCUT2D eigenvalue weighted by Gasteiger charge is -2.24. The molecule has 0 bridgehead atoms. The van der Waals surface area contributed by atoms with Gasteiger partial charge in [0.05, 0.1) is 13.0 Å². The van der Waals surface area contributed by atoms with E-state index in [-0.39, 0.29) is 12.3 Å². The molecule has 0 saturated carbocycles. The summed E-state index contributed by atoms with van der Waals surface area (Å²) in [7, 11) is 0. The first kappa shape index (κ1) is 23.3. The number of anilines is 1. The minimum absolute atomic E-state index is 0.0203. The van der Waals surface area contributed by atoms with Gasteiger partial charge in [-0.25, -0.2) is 4.98 Å². The topological polar surface area (TPSA) is 74.7 Å². The van der Waals surface area contributed by atoms with E-state index < -0.39 is 5.97 Å². The molecule has 0 radical (unpaired) electrons. The van der Waals surface area contributed by atoms with Gasteiger partial charge < -0.3 is 20.1 Å². The van der Waals surface area contributed by atoms with E-state index in [0.717, 1.165) is 76.5 Å². The molecule has 4 heterocycles. The van der Waals surface area contributed by atoms with Gasteiger partial charge in [-0.3, -0.25) is 4.79 Å². The van der Waals surface area contributed by atoms with Crippen LogP contribution < -0.4 is 5.32 Å². The molecule has 6 nitrogen and oxygen atoms in total. The Bertz CT molecular complexity index is 989. The van der Waals surface area contributed by atoms with Crippen molar-refractivity contribution in [2.24, 2.45) is 5.92 Å². The molecule has 0 aliphatic carbocycles. The predicted molar refractivity (Wildman–Crippen MR) is 134 cm³/mol. The summed E-state index contributed by atoms with van der Waals surface area (Å²) >= 11 is 0. The first-order chi connectivity index (χ1) is 16.6. The lowest BCUT2D eigenvalue weighted by Crippen LogP contribution is -2.28. The molecule has 3 atom stereocenters. The SMILES string of the molecule is O=C(O)CC(CN1CC[C@@H](CCc2ccc3c(n2)NCCC3)C1)c1cccc(C2CCOC2)c1. The zero-order valence-corrected chi connectivity index (χ0v) is 20.0. The number of aromatic nitrogens is 1. The Morgan fingerprint density at radius 1 is 1.26 bits per heavy atom. The lowest BCUT2D eigenvalue weighted by molar-refractivity contribution is -0.137. The average Bonchev–Trinajstić information content (AvgIpc) is 3.55. The zero-order valence-electron chi connectivity index (χ0n) is 20.0. The Labute approximate surface area is 202 Å². The van der Waals surface area contributed by atoms with E-state index in [1.807, 2.05) is 0 Å². The molecule has 6 heteroatoms. The molecule has 1 aromatic carbocycles. The minimum Gasteiger partial charge on any atom is -0.481 e. The van der Waals surface area contributed by atoms with Crippen molar-refractivity contribution < 1.29 is 14.6 Å². The number of benzene rings is 1. The van der Waals surface area contributed by atoms with Crippen molar-refractivity contribution in [1.29, 1.82) is 0 Å². The van der Waals surface area contributed by atoms with Gasteiger partial charge in [0.15, 0.2) is 0 Å². The van der Waals surface area contributed by atoms with Crippen LogP contribution in [0.1, 0.15) is 66.3 Å². The minimum atomic E-state index is -0.720. The van der Waals surface area contributed by atoms with Crippen molar-refractivity contribution >= 4 is 11.8 Å². The monoisotopic (exact) mass is 463 g/mol. The molecular formula is C28H37N3O3. The molecule has 34 heavy (non-hydrogen) atoms. The number of carboxylic acid groups (broad SMARTS) is 1. The summed E-state index contributed by atoms with van der Waals surface area (Å²) in [6.07, 6.45) is 6.88. The smallest absolute Gasteiger partial charge is 0.304 e. The number of fused-ring (bicyclic) bond motifs is 1. The van der Waals surface area contributed by atoms with Gasteiger partial charge >= 0.3 is 5.97 Å². The number of aryl methyl sites for hydroxylation is 2. The molecular weight excluding hydrogens is 426 g/mol. The van der Waals surface area contributed by atoms with Crippen LogP contribution >= 0.6 is 0 Å². The summed E-state index contributed by atoms with van der Waals surface area (Å²) in [6.45, 7) is 5.53. The third-order valence-corrected chi connectivity index (χ3v) is 7.81. The first-order valence-corrected chi connectivity index (χ1v) is 13.0. The fourth-order valence-electron chi connectivity index (χ4n) is 5.85. The van der Waals surface area contributed by atoms with Crippen molar-refractivity contribution in [1.82, 2.24) is 9.88 Å².